The van der Waals surface area contributed by atoms with Crippen molar-refractivity contribution in [2.45, 2.75) is 79.0 Å². The minimum Gasteiger partial charge on any atom is -0.503 e. The Kier molecular flexibility index (Phi) is 19.3. The number of nitrogens with one attached hydrogen (secondary N) is 4. The number of carbonyl (C=O) groups excluding carboxylic acids is 4. The molecule has 16 N–H and O–H groups in total. The van der Waals surface area contributed by atoms with Crippen LogP contribution in [0, 0.1) is 0 Å². The molecule has 0 aromatic heterocycles. The van der Waals surface area contributed by atoms with E-state index in [2.05, 4.69) is 21.3 Å². The SMILES string of the molecule is CC(N)Cc1cc(SC[C@@H](NC(=O)CC[C@H](N)C(=O)O)C(=O)NCC(=O)O)c(O)c(O)c1SC[C@@H](NC(=O)CC[C@H](N)C(=O)O)C(=O)NCC(=O)O. The maximum atomic E-state index is 12.8. The van der Waals surface area contributed by atoms with Crippen LogP contribution in [-0.4, -0.2) is 133 Å². The average Bonchev–Trinajstić information content (AvgIpc) is 3.06. The predicted octanol–water partition coefficient (Wildman–Crippen LogP) is -3.07. The fourth-order valence-corrected chi connectivity index (χ4v) is 6.24. The Morgan fingerprint density at radius 2 is 1.12 bits per heavy atom. The van der Waals surface area contributed by atoms with Crippen molar-refractivity contribution in [1.82, 2.24) is 21.3 Å². The summed E-state index contributed by atoms with van der Waals surface area (Å²) in [6.07, 6.45) is -1.23. The van der Waals surface area contributed by atoms with Gasteiger partial charge in [-0.3, -0.25) is 38.4 Å². The lowest BCUT2D eigenvalue weighted by Crippen LogP contribution is -2.49. The third-order valence-corrected chi connectivity index (χ3v) is 9.11. The van der Waals surface area contributed by atoms with Crippen molar-refractivity contribution < 1.29 is 69.0 Å². The Morgan fingerprint density at radius 1 is 0.692 bits per heavy atom. The summed E-state index contributed by atoms with van der Waals surface area (Å²) in [6.45, 7) is 0.0468. The summed E-state index contributed by atoms with van der Waals surface area (Å²) in [4.78, 5) is 94.6. The Labute approximate surface area is 304 Å². The molecule has 0 saturated heterocycles. The van der Waals surface area contributed by atoms with E-state index in [1.165, 1.54) is 6.07 Å². The summed E-state index contributed by atoms with van der Waals surface area (Å²) in [5.74, 6) is -10.9. The maximum absolute atomic E-state index is 12.8. The topological polar surface area (TPSA) is 384 Å². The van der Waals surface area contributed by atoms with Gasteiger partial charge in [0.2, 0.25) is 23.6 Å². The lowest BCUT2D eigenvalue weighted by Gasteiger charge is -2.22. The number of aliphatic carboxylic acids is 4. The summed E-state index contributed by atoms with van der Waals surface area (Å²) in [5.41, 5.74) is 17.2. The van der Waals surface area contributed by atoms with Gasteiger partial charge in [-0.1, -0.05) is 0 Å². The average molecular weight is 778 g/mol. The zero-order valence-corrected chi connectivity index (χ0v) is 29.5. The second kappa shape index (κ2) is 22.2. The molecule has 0 aliphatic heterocycles. The first-order valence-electron chi connectivity index (χ1n) is 15.4. The number of amides is 4. The van der Waals surface area contributed by atoms with Crippen molar-refractivity contribution in [1.29, 1.82) is 0 Å². The summed E-state index contributed by atoms with van der Waals surface area (Å²) in [6, 6.07) is -4.63. The second-order valence-corrected chi connectivity index (χ2v) is 13.4. The van der Waals surface area contributed by atoms with Gasteiger partial charge in [-0.25, -0.2) is 0 Å². The number of carbonyl (C=O) groups is 8. The Bertz CT molecular complexity index is 1500. The van der Waals surface area contributed by atoms with Gasteiger partial charge in [0, 0.05) is 30.4 Å². The first-order valence-corrected chi connectivity index (χ1v) is 17.3. The van der Waals surface area contributed by atoms with Gasteiger partial charge in [-0.05, 0) is 37.8 Å². The van der Waals surface area contributed by atoms with Gasteiger partial charge in [-0.15, -0.1) is 23.5 Å². The number of phenolic OH excluding ortho intramolecular Hbond substituents is 2. The maximum Gasteiger partial charge on any atom is 0.322 e. The van der Waals surface area contributed by atoms with E-state index in [9.17, 15) is 48.6 Å². The minimum atomic E-state index is -1.41. The predicted molar refractivity (Wildman–Crippen MR) is 183 cm³/mol. The molecule has 0 heterocycles. The van der Waals surface area contributed by atoms with Crippen LogP contribution in [0.4, 0.5) is 0 Å². The van der Waals surface area contributed by atoms with Gasteiger partial charge in [0.05, 0.1) is 9.79 Å². The molecule has 1 aromatic rings. The molecule has 0 radical (unpaired) electrons. The number of benzene rings is 1. The molecule has 23 heteroatoms. The third-order valence-electron chi connectivity index (χ3n) is 6.74. The van der Waals surface area contributed by atoms with E-state index in [1.807, 2.05) is 0 Å². The smallest absolute Gasteiger partial charge is 0.322 e. The number of phenols is 2. The molecule has 1 unspecified atom stereocenters. The molecule has 0 aliphatic carbocycles. The molecular formula is C29H43N7O14S2. The molecule has 4 amide bonds. The molecule has 290 valence electrons. The summed E-state index contributed by atoms with van der Waals surface area (Å²) in [7, 11) is 0. The fraction of sp³-hybridized carbons (Fsp3) is 0.517. The highest BCUT2D eigenvalue weighted by atomic mass is 32.2. The van der Waals surface area contributed by atoms with Gasteiger partial charge in [0.15, 0.2) is 11.5 Å². The molecule has 52 heavy (non-hydrogen) atoms. The summed E-state index contributed by atoms with van der Waals surface area (Å²) in [5, 5.41) is 66.8. The van der Waals surface area contributed by atoms with Crippen molar-refractivity contribution >= 4 is 71.0 Å². The van der Waals surface area contributed by atoms with Crippen LogP contribution in [-0.2, 0) is 44.8 Å². The number of rotatable bonds is 24. The second-order valence-electron chi connectivity index (χ2n) is 11.3. The number of hydrogen-bond acceptors (Lipinski definition) is 15. The first kappa shape index (κ1) is 45.2. The fourth-order valence-electron chi connectivity index (χ4n) is 4.07. The van der Waals surface area contributed by atoms with E-state index in [0.717, 1.165) is 23.5 Å². The van der Waals surface area contributed by atoms with Crippen LogP contribution >= 0.6 is 23.5 Å². The van der Waals surface area contributed by atoms with Crippen LogP contribution in [0.15, 0.2) is 15.9 Å². The molecule has 1 rings (SSSR count). The monoisotopic (exact) mass is 777 g/mol. The van der Waals surface area contributed by atoms with Crippen LogP contribution in [0.2, 0.25) is 0 Å². The first-order chi connectivity index (χ1) is 24.2. The quantitative estimate of drug-likeness (QED) is 0.0366. The highest BCUT2D eigenvalue weighted by Crippen LogP contribution is 2.45. The lowest BCUT2D eigenvalue weighted by molar-refractivity contribution is -0.140. The lowest BCUT2D eigenvalue weighted by atomic mass is 10.1. The number of carboxylic acid groups (broad SMARTS) is 4. The van der Waals surface area contributed by atoms with Crippen molar-refractivity contribution in [2.75, 3.05) is 24.6 Å². The normalized spacial score (nSPS) is 13.8. The number of carboxylic acids is 4. The van der Waals surface area contributed by atoms with Gasteiger partial charge >= 0.3 is 23.9 Å². The molecule has 0 aliphatic rings. The molecule has 0 saturated carbocycles. The number of aromatic hydroxyl groups is 2. The third kappa shape index (κ3) is 16.5. The minimum absolute atomic E-state index is 0.00509. The van der Waals surface area contributed by atoms with Gasteiger partial charge < -0.3 is 69.1 Å². The van der Waals surface area contributed by atoms with Gasteiger partial charge in [-0.2, -0.15) is 0 Å². The van der Waals surface area contributed by atoms with Crippen LogP contribution in [0.1, 0.15) is 38.2 Å². The van der Waals surface area contributed by atoms with Crippen LogP contribution in [0.25, 0.3) is 0 Å². The number of hydrogen-bond donors (Lipinski definition) is 13. The standard InChI is InChI=1S/C29H43N7O14S2/c1-12(30)6-13-7-18(51-10-16(26(45)33-8-21(39)40)35-19(37)4-2-14(31)28(47)48)23(43)24(44)25(13)52-11-17(27(46)34-9-22(41)42)36-20(38)5-3-15(32)29(49)50/h7,12,14-17,43-44H,2-6,8-11,30-32H2,1H3,(H,33,45)(H,34,46)(H,35,37)(H,36,38)(H,39,40)(H,41,42)(H,47,48)(H,49,50)/t12?,14-,15-,16+,17+/m0/s1. The van der Waals surface area contributed by atoms with Crippen LogP contribution in [0.5, 0.6) is 11.5 Å². The van der Waals surface area contributed by atoms with Gasteiger partial charge in [0.1, 0.15) is 37.3 Å². The van der Waals surface area contributed by atoms with Crippen LogP contribution in [0.3, 0.4) is 0 Å². The highest BCUT2D eigenvalue weighted by Gasteiger charge is 2.28. The van der Waals surface area contributed by atoms with Crippen LogP contribution < -0.4 is 38.5 Å². The molecule has 0 fully saturated rings. The van der Waals surface area contributed by atoms with Crippen molar-refractivity contribution in [3.05, 3.63) is 11.6 Å². The van der Waals surface area contributed by atoms with E-state index < -0.39 is 102 Å². The van der Waals surface area contributed by atoms with E-state index in [4.69, 9.17) is 37.6 Å². The summed E-state index contributed by atoms with van der Waals surface area (Å²) < 4.78 is 0. The largest absolute Gasteiger partial charge is 0.503 e. The van der Waals surface area contributed by atoms with Crippen molar-refractivity contribution in [3.63, 3.8) is 0 Å². The van der Waals surface area contributed by atoms with Gasteiger partial charge in [0.25, 0.3) is 0 Å². The number of nitrogens with two attached hydrogens (primary N) is 3. The Hall–Kier alpha value is -4.84. The Balaban J connectivity index is 3.33. The molecule has 0 bridgehead atoms. The highest BCUT2D eigenvalue weighted by molar-refractivity contribution is 8.00. The zero-order chi connectivity index (χ0) is 39.7. The van der Waals surface area contributed by atoms with E-state index >= 15 is 0 Å². The Morgan fingerprint density at radius 3 is 1.50 bits per heavy atom. The van der Waals surface area contributed by atoms with E-state index in [1.54, 1.807) is 6.92 Å². The molecular weight excluding hydrogens is 734 g/mol. The molecule has 1 aromatic carbocycles. The van der Waals surface area contributed by atoms with E-state index in [0.29, 0.717) is 5.56 Å². The number of thioether (sulfide) groups is 2. The molecule has 5 atom stereocenters. The summed E-state index contributed by atoms with van der Waals surface area (Å²) >= 11 is 1.57. The van der Waals surface area contributed by atoms with Crippen molar-refractivity contribution in [2.24, 2.45) is 17.2 Å². The zero-order valence-electron chi connectivity index (χ0n) is 27.8. The van der Waals surface area contributed by atoms with E-state index in [-0.39, 0.29) is 53.4 Å². The molecule has 0 spiro atoms. The van der Waals surface area contributed by atoms with Crippen molar-refractivity contribution in [3.8, 4) is 11.5 Å². The molecule has 21 nitrogen and oxygen atoms in total.